The van der Waals surface area contributed by atoms with Crippen molar-refractivity contribution in [2.75, 3.05) is 0 Å². The summed E-state index contributed by atoms with van der Waals surface area (Å²) in [4.78, 5) is 0. The van der Waals surface area contributed by atoms with E-state index in [1.807, 2.05) is 12.1 Å². The molecule has 0 saturated heterocycles. The van der Waals surface area contributed by atoms with Gasteiger partial charge in [-0.15, -0.1) is 0 Å². The van der Waals surface area contributed by atoms with Crippen LogP contribution in [0.1, 0.15) is 11.1 Å². The Morgan fingerprint density at radius 2 is 2.13 bits per heavy atom. The molecule has 0 spiro atoms. The van der Waals surface area contributed by atoms with Crippen LogP contribution >= 0.6 is 15.9 Å². The van der Waals surface area contributed by atoms with Gasteiger partial charge < -0.3 is 10.2 Å². The van der Waals surface area contributed by atoms with Gasteiger partial charge in [0.15, 0.2) is 0 Å². The average molecular weight is 266 g/mol. The fourth-order valence-corrected chi connectivity index (χ4v) is 1.94. The lowest BCUT2D eigenvalue weighted by Gasteiger charge is -2.05. The van der Waals surface area contributed by atoms with Gasteiger partial charge in [0.05, 0.1) is 10.7 Å². The molecule has 0 aliphatic heterocycles. The Hall–Kier alpha value is -1.06. The number of halogens is 1. The highest BCUT2D eigenvalue weighted by molar-refractivity contribution is 9.10. The van der Waals surface area contributed by atoms with Crippen LogP contribution in [-0.4, -0.2) is 0 Å². The van der Waals surface area contributed by atoms with Crippen LogP contribution in [0.25, 0.3) is 11.3 Å². The maximum absolute atomic E-state index is 5.62. The third-order valence-electron chi connectivity index (χ3n) is 2.40. The minimum Gasteiger partial charge on any atom is -0.463 e. The van der Waals surface area contributed by atoms with Crippen molar-refractivity contribution >= 4 is 15.9 Å². The lowest BCUT2D eigenvalue weighted by Crippen LogP contribution is -1.96. The van der Waals surface area contributed by atoms with Crippen LogP contribution < -0.4 is 5.73 Å². The van der Waals surface area contributed by atoms with Crippen molar-refractivity contribution in [2.24, 2.45) is 5.73 Å². The van der Waals surface area contributed by atoms with E-state index in [0.717, 1.165) is 21.4 Å². The largest absolute Gasteiger partial charge is 0.463 e. The number of aryl methyl sites for hydroxylation is 1. The van der Waals surface area contributed by atoms with Crippen LogP contribution in [0.4, 0.5) is 0 Å². The van der Waals surface area contributed by atoms with E-state index in [1.54, 1.807) is 6.26 Å². The van der Waals surface area contributed by atoms with Crippen molar-refractivity contribution in [1.82, 2.24) is 0 Å². The monoisotopic (exact) mass is 265 g/mol. The number of furan rings is 1. The van der Waals surface area contributed by atoms with E-state index in [2.05, 4.69) is 35.0 Å². The Labute approximate surface area is 97.2 Å². The molecule has 0 atom stereocenters. The molecule has 78 valence electrons. The second kappa shape index (κ2) is 4.21. The first-order valence-corrected chi connectivity index (χ1v) is 5.54. The molecule has 1 aromatic heterocycles. The van der Waals surface area contributed by atoms with Crippen molar-refractivity contribution in [3.8, 4) is 11.3 Å². The Balaban J connectivity index is 2.56. The molecule has 0 unspecified atom stereocenters. The third-order valence-corrected chi connectivity index (χ3v) is 3.02. The van der Waals surface area contributed by atoms with E-state index < -0.39 is 0 Å². The Morgan fingerprint density at radius 1 is 1.33 bits per heavy atom. The Kier molecular flexibility index (Phi) is 2.93. The predicted octanol–water partition coefficient (Wildman–Crippen LogP) is 3.48. The minimum atomic E-state index is 0.547. The third kappa shape index (κ3) is 1.98. The van der Waals surface area contributed by atoms with Gasteiger partial charge in [-0.25, -0.2) is 0 Å². The molecule has 0 radical (unpaired) electrons. The van der Waals surface area contributed by atoms with Gasteiger partial charge in [0.25, 0.3) is 0 Å². The van der Waals surface area contributed by atoms with Crippen molar-refractivity contribution < 1.29 is 4.42 Å². The van der Waals surface area contributed by atoms with Gasteiger partial charge in [-0.1, -0.05) is 12.1 Å². The molecule has 0 bridgehead atoms. The van der Waals surface area contributed by atoms with Gasteiger partial charge in [-0.2, -0.15) is 0 Å². The van der Waals surface area contributed by atoms with Gasteiger partial charge in [-0.3, -0.25) is 0 Å². The molecule has 1 aromatic carbocycles. The van der Waals surface area contributed by atoms with Gasteiger partial charge >= 0.3 is 0 Å². The standard InChI is InChI=1S/C12H12BrNO/c1-8-2-3-9(7-14)6-10(8)12-11(13)4-5-15-12/h2-6H,7,14H2,1H3. The summed E-state index contributed by atoms with van der Waals surface area (Å²) in [5, 5.41) is 0. The minimum absolute atomic E-state index is 0.547. The van der Waals surface area contributed by atoms with E-state index in [9.17, 15) is 0 Å². The second-order valence-corrected chi connectivity index (χ2v) is 4.31. The molecule has 0 aliphatic rings. The smallest absolute Gasteiger partial charge is 0.148 e. The maximum Gasteiger partial charge on any atom is 0.148 e. The lowest BCUT2D eigenvalue weighted by molar-refractivity contribution is 0.580. The molecular formula is C12H12BrNO. The highest BCUT2D eigenvalue weighted by Gasteiger charge is 2.09. The second-order valence-electron chi connectivity index (χ2n) is 3.45. The van der Waals surface area contributed by atoms with Gasteiger partial charge in [0, 0.05) is 12.1 Å². The highest BCUT2D eigenvalue weighted by Crippen LogP contribution is 2.31. The molecular weight excluding hydrogens is 254 g/mol. The van der Waals surface area contributed by atoms with E-state index in [-0.39, 0.29) is 0 Å². The summed E-state index contributed by atoms with van der Waals surface area (Å²) >= 11 is 3.46. The predicted molar refractivity (Wildman–Crippen MR) is 64.5 cm³/mol. The SMILES string of the molecule is Cc1ccc(CN)cc1-c1occc1Br. The molecule has 0 amide bonds. The molecule has 15 heavy (non-hydrogen) atoms. The zero-order chi connectivity index (χ0) is 10.8. The molecule has 2 rings (SSSR count). The molecule has 1 heterocycles. The summed E-state index contributed by atoms with van der Waals surface area (Å²) in [6.45, 7) is 2.61. The van der Waals surface area contributed by atoms with E-state index in [1.165, 1.54) is 5.56 Å². The van der Waals surface area contributed by atoms with Crippen LogP contribution in [0.5, 0.6) is 0 Å². The first-order chi connectivity index (χ1) is 7.22. The summed E-state index contributed by atoms with van der Waals surface area (Å²) in [5.41, 5.74) is 9.00. The van der Waals surface area contributed by atoms with Gasteiger partial charge in [-0.05, 0) is 46.1 Å². The average Bonchev–Trinajstić information content (AvgIpc) is 2.65. The summed E-state index contributed by atoms with van der Waals surface area (Å²) in [7, 11) is 0. The molecule has 0 fully saturated rings. The highest BCUT2D eigenvalue weighted by atomic mass is 79.9. The van der Waals surface area contributed by atoms with Crippen molar-refractivity contribution in [1.29, 1.82) is 0 Å². The zero-order valence-electron chi connectivity index (χ0n) is 8.46. The van der Waals surface area contributed by atoms with E-state index in [4.69, 9.17) is 10.2 Å². The normalized spacial score (nSPS) is 10.6. The molecule has 2 aromatic rings. The molecule has 3 heteroatoms. The van der Waals surface area contributed by atoms with Crippen LogP contribution in [-0.2, 0) is 6.54 Å². The molecule has 0 aliphatic carbocycles. The maximum atomic E-state index is 5.62. The van der Waals surface area contributed by atoms with E-state index in [0.29, 0.717) is 6.54 Å². The fraction of sp³-hybridized carbons (Fsp3) is 0.167. The molecule has 0 saturated carbocycles. The van der Waals surface area contributed by atoms with Crippen LogP contribution in [0, 0.1) is 6.92 Å². The summed E-state index contributed by atoms with van der Waals surface area (Å²) in [6.07, 6.45) is 1.67. The van der Waals surface area contributed by atoms with Crippen molar-refractivity contribution in [3.63, 3.8) is 0 Å². The number of rotatable bonds is 2. The van der Waals surface area contributed by atoms with Crippen LogP contribution in [0.15, 0.2) is 39.4 Å². The van der Waals surface area contributed by atoms with Crippen LogP contribution in [0.3, 0.4) is 0 Å². The quantitative estimate of drug-likeness (QED) is 0.903. The van der Waals surface area contributed by atoms with Gasteiger partial charge in [0.1, 0.15) is 5.76 Å². The zero-order valence-corrected chi connectivity index (χ0v) is 10.0. The Morgan fingerprint density at radius 3 is 2.73 bits per heavy atom. The molecule has 2 nitrogen and oxygen atoms in total. The topological polar surface area (TPSA) is 39.2 Å². The lowest BCUT2D eigenvalue weighted by atomic mass is 10.0. The summed E-state index contributed by atoms with van der Waals surface area (Å²) in [6, 6.07) is 8.06. The van der Waals surface area contributed by atoms with Gasteiger partial charge in [0.2, 0.25) is 0 Å². The first-order valence-electron chi connectivity index (χ1n) is 4.75. The summed E-state index contributed by atoms with van der Waals surface area (Å²) < 4.78 is 6.41. The number of hydrogen-bond acceptors (Lipinski definition) is 2. The Bertz CT molecular complexity index is 476. The van der Waals surface area contributed by atoms with Crippen molar-refractivity contribution in [3.05, 3.63) is 46.1 Å². The van der Waals surface area contributed by atoms with Crippen molar-refractivity contribution in [2.45, 2.75) is 13.5 Å². The number of hydrogen-bond donors (Lipinski definition) is 1. The summed E-state index contributed by atoms with van der Waals surface area (Å²) in [5.74, 6) is 0.864. The number of nitrogens with two attached hydrogens (primary N) is 1. The fourth-order valence-electron chi connectivity index (χ4n) is 1.53. The first kappa shape index (κ1) is 10.5. The molecule has 2 N–H and O–H groups in total. The van der Waals surface area contributed by atoms with E-state index >= 15 is 0 Å². The number of benzene rings is 1. The van der Waals surface area contributed by atoms with Crippen LogP contribution in [0.2, 0.25) is 0 Å².